The Hall–Kier alpha value is -7.58. The van der Waals surface area contributed by atoms with Crippen molar-refractivity contribution in [1.29, 1.82) is 0 Å². The molecule has 0 spiro atoms. The summed E-state index contributed by atoms with van der Waals surface area (Å²) in [5.74, 6) is -11.1. The molecule has 10 amide bonds. The van der Waals surface area contributed by atoms with E-state index in [4.69, 9.17) is 22.9 Å². The highest BCUT2D eigenvalue weighted by molar-refractivity contribution is 5.98. The Labute approximate surface area is 455 Å². The van der Waals surface area contributed by atoms with Crippen LogP contribution in [0, 0.1) is 23.7 Å². The van der Waals surface area contributed by atoms with E-state index in [9.17, 15) is 63.0 Å². The quantitative estimate of drug-likeness (QED) is 0.0193. The van der Waals surface area contributed by atoms with Crippen molar-refractivity contribution in [2.75, 3.05) is 6.54 Å². The number of guanidine groups is 1. The molecule has 78 heavy (non-hydrogen) atoms. The van der Waals surface area contributed by atoms with Gasteiger partial charge >= 0.3 is 5.97 Å². The Morgan fingerprint density at radius 3 is 1.44 bits per heavy atom. The second-order valence-corrected chi connectivity index (χ2v) is 20.6. The van der Waals surface area contributed by atoms with Crippen LogP contribution in [0.1, 0.15) is 120 Å². The number of carbonyl (C=O) groups excluding carboxylic acids is 10. The van der Waals surface area contributed by atoms with E-state index >= 15 is 0 Å². The fraction of sp³-hybridized carbons (Fsp3) is 0.647. The maximum Gasteiger partial charge on any atom is 0.326 e. The summed E-state index contributed by atoms with van der Waals surface area (Å²) in [5, 5.41) is 42.5. The Kier molecular flexibility index (Phi) is 29.4. The lowest BCUT2D eigenvalue weighted by Gasteiger charge is -2.28. The van der Waals surface area contributed by atoms with Crippen LogP contribution in [0.3, 0.4) is 0 Å². The predicted octanol–water partition coefficient (Wildman–Crippen LogP) is -2.51. The fourth-order valence-corrected chi connectivity index (χ4v) is 7.51. The second kappa shape index (κ2) is 33.5. The summed E-state index contributed by atoms with van der Waals surface area (Å²) in [6.07, 6.45) is 0.262. The molecule has 0 aliphatic carbocycles. The zero-order valence-corrected chi connectivity index (χ0v) is 46.7. The molecule has 0 aliphatic heterocycles. The number of carboxylic acid groups (broad SMARTS) is 1. The van der Waals surface area contributed by atoms with Gasteiger partial charge in [-0.2, -0.15) is 0 Å². The first-order valence-corrected chi connectivity index (χ1v) is 26.1. The molecule has 1 aromatic rings. The van der Waals surface area contributed by atoms with Crippen molar-refractivity contribution in [3.05, 3.63) is 29.8 Å². The molecule has 0 aliphatic rings. The van der Waals surface area contributed by atoms with Gasteiger partial charge in [-0.15, -0.1) is 0 Å². The molecular weight excluding hydrogens is 1020 g/mol. The van der Waals surface area contributed by atoms with Gasteiger partial charge < -0.3 is 81.0 Å². The first-order valence-electron chi connectivity index (χ1n) is 26.1. The average molecular weight is 1100 g/mol. The number of nitrogens with zero attached hydrogens (tertiary/aromatic N) is 1. The zero-order chi connectivity index (χ0) is 59.7. The van der Waals surface area contributed by atoms with Gasteiger partial charge in [0.15, 0.2) is 5.96 Å². The first kappa shape index (κ1) is 68.4. The standard InChI is InChI=1S/C51H86N14O13/c1-12-27(8)40(50(77)78)65-47(74)36(23-31-15-17-32(66)18-16-31)62-49(76)39(26(6)7)63-43(70)30(11)57-41(68)28(9)58-46(73)35(22-24(2)3)61-45(72)34(19-20-37(53)67)60-42(69)29(10)59-48(75)38(25(4)5)64-44(71)33(52)14-13-21-56-51(54)55/h15-18,24-30,33-36,38-40,66H,12-14,19-23,52H2,1-11H3,(H2,53,67)(H,57,68)(H,58,73)(H,59,75)(H,60,69)(H,61,72)(H,62,76)(H,63,70)(H,64,71)(H,65,74)(H,77,78)(H4,54,55,56)/t27-,28-,29-,30-,33-,34-,35-,36-,38-,39-,40-/m0/s1. The van der Waals surface area contributed by atoms with Crippen molar-refractivity contribution < 1.29 is 63.0 Å². The van der Waals surface area contributed by atoms with Crippen LogP contribution in [-0.4, -0.2) is 148 Å². The number of aromatic hydroxyl groups is 1. The topological polar surface area (TPSA) is 453 Å². The molecule has 0 aromatic heterocycles. The fourth-order valence-electron chi connectivity index (χ4n) is 7.51. The predicted molar refractivity (Wildman–Crippen MR) is 289 cm³/mol. The smallest absolute Gasteiger partial charge is 0.326 e. The summed E-state index contributed by atoms with van der Waals surface area (Å²) in [6, 6.07) is -6.82. The number of phenolic OH excluding ortho intramolecular Hbond substituents is 1. The Morgan fingerprint density at radius 2 is 0.949 bits per heavy atom. The van der Waals surface area contributed by atoms with E-state index in [2.05, 4.69) is 52.8 Å². The molecule has 0 heterocycles. The van der Waals surface area contributed by atoms with Crippen molar-refractivity contribution in [1.82, 2.24) is 47.9 Å². The summed E-state index contributed by atoms with van der Waals surface area (Å²) in [6.45, 7) is 17.7. The molecule has 1 rings (SSSR count). The lowest BCUT2D eigenvalue weighted by atomic mass is 9.97. The van der Waals surface area contributed by atoms with Crippen LogP contribution >= 0.6 is 0 Å². The molecule has 11 atom stereocenters. The van der Waals surface area contributed by atoms with Crippen molar-refractivity contribution in [3.8, 4) is 5.75 Å². The summed E-state index contributed by atoms with van der Waals surface area (Å²) < 4.78 is 0. The molecular formula is C51H86N14O13. The number of carboxylic acids is 1. The third kappa shape index (κ3) is 24.6. The molecule has 27 heteroatoms. The second-order valence-electron chi connectivity index (χ2n) is 20.6. The lowest BCUT2D eigenvalue weighted by Crippen LogP contribution is -2.60. The van der Waals surface area contributed by atoms with E-state index in [-0.39, 0.29) is 56.3 Å². The van der Waals surface area contributed by atoms with Crippen LogP contribution in [-0.2, 0) is 59.2 Å². The lowest BCUT2D eigenvalue weighted by molar-refractivity contribution is -0.144. The third-order valence-corrected chi connectivity index (χ3v) is 12.5. The monoisotopic (exact) mass is 1100 g/mol. The van der Waals surface area contributed by atoms with E-state index in [0.29, 0.717) is 18.4 Å². The number of hydrogen-bond donors (Lipinski definition) is 15. The van der Waals surface area contributed by atoms with E-state index in [1.54, 1.807) is 55.4 Å². The van der Waals surface area contributed by atoms with Gasteiger partial charge in [-0.05, 0) is 87.8 Å². The highest BCUT2D eigenvalue weighted by Gasteiger charge is 2.36. The summed E-state index contributed by atoms with van der Waals surface area (Å²) in [5.41, 5.74) is 22.6. The molecule has 0 fully saturated rings. The molecule has 438 valence electrons. The highest BCUT2D eigenvalue weighted by atomic mass is 16.4. The molecule has 27 nitrogen and oxygen atoms in total. The Morgan fingerprint density at radius 1 is 0.526 bits per heavy atom. The van der Waals surface area contributed by atoms with Gasteiger partial charge in [0, 0.05) is 19.4 Å². The molecule has 0 saturated carbocycles. The third-order valence-electron chi connectivity index (χ3n) is 12.5. The van der Waals surface area contributed by atoms with Gasteiger partial charge in [0.2, 0.25) is 59.1 Å². The minimum atomic E-state index is -1.46. The van der Waals surface area contributed by atoms with E-state index < -0.39 is 143 Å². The maximum atomic E-state index is 13.8. The van der Waals surface area contributed by atoms with Gasteiger partial charge in [-0.25, -0.2) is 4.79 Å². The van der Waals surface area contributed by atoms with Gasteiger partial charge in [0.1, 0.15) is 60.1 Å². The van der Waals surface area contributed by atoms with Crippen molar-refractivity contribution in [2.24, 2.45) is 51.6 Å². The number of rotatable bonds is 34. The first-order chi connectivity index (χ1) is 36.3. The highest BCUT2D eigenvalue weighted by Crippen LogP contribution is 2.15. The largest absolute Gasteiger partial charge is 0.508 e. The number of aliphatic carboxylic acids is 1. The van der Waals surface area contributed by atoms with Crippen LogP contribution in [0.2, 0.25) is 0 Å². The number of phenols is 1. The number of carbonyl (C=O) groups is 11. The summed E-state index contributed by atoms with van der Waals surface area (Å²) >= 11 is 0. The van der Waals surface area contributed by atoms with Crippen molar-refractivity contribution in [2.45, 2.75) is 182 Å². The van der Waals surface area contributed by atoms with Crippen LogP contribution in [0.15, 0.2) is 29.3 Å². The minimum absolute atomic E-state index is 0.0318. The van der Waals surface area contributed by atoms with Crippen LogP contribution in [0.4, 0.5) is 0 Å². The van der Waals surface area contributed by atoms with Crippen LogP contribution in [0.25, 0.3) is 0 Å². The summed E-state index contributed by atoms with van der Waals surface area (Å²) in [7, 11) is 0. The number of nitrogens with one attached hydrogen (secondary N) is 9. The maximum absolute atomic E-state index is 13.8. The number of aliphatic imine (C=N–C) groups is 1. The number of nitrogens with two attached hydrogens (primary N) is 4. The van der Waals surface area contributed by atoms with E-state index in [0.717, 1.165) is 0 Å². The Bertz CT molecular complexity index is 2260. The van der Waals surface area contributed by atoms with Crippen LogP contribution < -0.4 is 70.8 Å². The van der Waals surface area contributed by atoms with Gasteiger partial charge in [-0.3, -0.25) is 52.9 Å². The average Bonchev–Trinajstić information content (AvgIpc) is 3.35. The SMILES string of the molecule is CC[C@H](C)[C@H](NC(=O)[C@H](Cc1ccc(O)cc1)NC(=O)[C@@H](NC(=O)[C@H](C)NC(=O)[C@H](C)NC(=O)[C@H](CC(C)C)NC(=O)[C@H](CCC(N)=O)NC(=O)[C@H](C)NC(=O)[C@@H](NC(=O)[C@@H](N)CCCN=C(N)N)C(C)C)C(C)C)C(=O)O. The van der Waals surface area contributed by atoms with Gasteiger partial charge in [0.25, 0.3) is 0 Å². The van der Waals surface area contributed by atoms with Crippen LogP contribution in [0.5, 0.6) is 5.75 Å². The number of amides is 10. The minimum Gasteiger partial charge on any atom is -0.508 e. The summed E-state index contributed by atoms with van der Waals surface area (Å²) in [4.78, 5) is 149. The van der Waals surface area contributed by atoms with Crippen molar-refractivity contribution in [3.63, 3.8) is 0 Å². The number of hydrogen-bond acceptors (Lipinski definition) is 14. The van der Waals surface area contributed by atoms with Gasteiger partial charge in [0.05, 0.1) is 6.04 Å². The molecule has 1 aromatic carbocycles. The number of primary amides is 1. The molecule has 0 saturated heterocycles. The molecule has 0 bridgehead atoms. The Balaban J connectivity index is 3.15. The van der Waals surface area contributed by atoms with E-state index in [1.807, 2.05) is 0 Å². The molecule has 19 N–H and O–H groups in total. The zero-order valence-electron chi connectivity index (χ0n) is 46.7. The molecule has 0 unspecified atom stereocenters. The molecule has 0 radical (unpaired) electrons. The number of benzene rings is 1. The van der Waals surface area contributed by atoms with Crippen molar-refractivity contribution >= 4 is 71.0 Å². The van der Waals surface area contributed by atoms with Gasteiger partial charge in [-0.1, -0.05) is 73.9 Å². The van der Waals surface area contributed by atoms with E-state index in [1.165, 1.54) is 45.0 Å². The normalized spacial score (nSPS) is 15.4.